The Morgan fingerprint density at radius 1 is 1.23 bits per heavy atom. The Morgan fingerprint density at radius 2 is 1.82 bits per heavy atom. The van der Waals surface area contributed by atoms with E-state index in [9.17, 15) is 14.9 Å². The first-order valence-corrected chi connectivity index (χ1v) is 7.19. The van der Waals surface area contributed by atoms with Crippen LogP contribution >= 0.6 is 0 Å². The molecule has 0 unspecified atom stereocenters. The van der Waals surface area contributed by atoms with E-state index in [4.69, 9.17) is 9.47 Å². The molecule has 0 heterocycles. The number of nitrogens with zero attached hydrogens (tertiary/aromatic N) is 2. The number of hydrogen-bond donors (Lipinski definition) is 0. The summed E-state index contributed by atoms with van der Waals surface area (Å²) in [6.07, 6.45) is 1.79. The van der Waals surface area contributed by atoms with Gasteiger partial charge in [-0.15, -0.1) is 0 Å². The Bertz CT molecular complexity index is 545. The summed E-state index contributed by atoms with van der Waals surface area (Å²) in [6, 6.07) is 2.59. The molecule has 122 valence electrons. The van der Waals surface area contributed by atoms with E-state index >= 15 is 0 Å². The average Bonchev–Trinajstić information content (AvgIpc) is 2.53. The third kappa shape index (κ3) is 3.87. The Labute approximate surface area is 130 Å². The lowest BCUT2D eigenvalue weighted by Crippen LogP contribution is -2.32. The van der Waals surface area contributed by atoms with Gasteiger partial charge in [-0.25, -0.2) is 0 Å². The largest absolute Gasteiger partial charge is 0.493 e. The predicted octanol–water partition coefficient (Wildman–Crippen LogP) is 2.87. The molecule has 0 aliphatic heterocycles. The molecule has 1 amide bonds. The summed E-state index contributed by atoms with van der Waals surface area (Å²) < 4.78 is 10.2. The van der Waals surface area contributed by atoms with Crippen molar-refractivity contribution in [1.82, 2.24) is 4.90 Å². The number of rotatable bonds is 8. The number of hydrogen-bond acceptors (Lipinski definition) is 5. The first-order valence-electron chi connectivity index (χ1n) is 7.19. The number of unbranched alkanes of at least 4 members (excludes halogenated alkanes) is 1. The second kappa shape index (κ2) is 8.21. The highest BCUT2D eigenvalue weighted by atomic mass is 16.6. The molecule has 0 aromatic heterocycles. The van der Waals surface area contributed by atoms with Crippen LogP contribution in [0.4, 0.5) is 5.69 Å². The van der Waals surface area contributed by atoms with E-state index < -0.39 is 4.92 Å². The molecule has 0 bridgehead atoms. The van der Waals surface area contributed by atoms with Gasteiger partial charge in [-0.05, 0) is 13.3 Å². The number of nitro benzene ring substituents is 1. The van der Waals surface area contributed by atoms with Crippen molar-refractivity contribution in [2.75, 3.05) is 27.3 Å². The van der Waals surface area contributed by atoms with E-state index in [0.29, 0.717) is 18.8 Å². The maximum Gasteiger partial charge on any atom is 0.286 e. The smallest absolute Gasteiger partial charge is 0.286 e. The van der Waals surface area contributed by atoms with Crippen LogP contribution in [0.3, 0.4) is 0 Å². The van der Waals surface area contributed by atoms with Crippen LogP contribution in [0.2, 0.25) is 0 Å². The Morgan fingerprint density at radius 3 is 2.27 bits per heavy atom. The number of benzene rings is 1. The van der Waals surface area contributed by atoms with Gasteiger partial charge in [0, 0.05) is 19.2 Å². The first kappa shape index (κ1) is 17.7. The Balaban J connectivity index is 3.30. The second-order valence-corrected chi connectivity index (χ2v) is 4.72. The van der Waals surface area contributed by atoms with Gasteiger partial charge in [0.1, 0.15) is 5.56 Å². The molecule has 1 aromatic carbocycles. The van der Waals surface area contributed by atoms with E-state index in [1.807, 2.05) is 13.8 Å². The van der Waals surface area contributed by atoms with Crippen LogP contribution in [-0.4, -0.2) is 43.0 Å². The van der Waals surface area contributed by atoms with Crippen LogP contribution in [0.1, 0.15) is 37.0 Å². The molecule has 22 heavy (non-hydrogen) atoms. The topological polar surface area (TPSA) is 81.9 Å². The minimum Gasteiger partial charge on any atom is -0.493 e. The van der Waals surface area contributed by atoms with Crippen molar-refractivity contribution in [1.29, 1.82) is 0 Å². The van der Waals surface area contributed by atoms with E-state index in [1.54, 1.807) is 4.90 Å². The van der Waals surface area contributed by atoms with Crippen LogP contribution in [0, 0.1) is 10.1 Å². The summed E-state index contributed by atoms with van der Waals surface area (Å²) in [6.45, 7) is 4.93. The molecular weight excluding hydrogens is 288 g/mol. The number of ether oxygens (including phenoxy) is 2. The van der Waals surface area contributed by atoms with Crippen molar-refractivity contribution < 1.29 is 19.2 Å². The molecule has 0 spiro atoms. The average molecular weight is 310 g/mol. The monoisotopic (exact) mass is 310 g/mol. The number of carbonyl (C=O) groups excluding carboxylic acids is 1. The van der Waals surface area contributed by atoms with Gasteiger partial charge in [0.2, 0.25) is 0 Å². The molecule has 0 aliphatic rings. The highest BCUT2D eigenvalue weighted by Crippen LogP contribution is 2.35. The quantitative estimate of drug-likeness (QED) is 0.544. The minimum atomic E-state index is -0.581. The van der Waals surface area contributed by atoms with Gasteiger partial charge in [-0.1, -0.05) is 13.3 Å². The van der Waals surface area contributed by atoms with Crippen molar-refractivity contribution in [3.63, 3.8) is 0 Å². The lowest BCUT2D eigenvalue weighted by Gasteiger charge is -2.21. The van der Waals surface area contributed by atoms with E-state index in [1.165, 1.54) is 26.4 Å². The zero-order valence-electron chi connectivity index (χ0n) is 13.4. The van der Waals surface area contributed by atoms with Crippen molar-refractivity contribution >= 4 is 11.6 Å². The molecule has 0 radical (unpaired) electrons. The SMILES string of the molecule is CCCCN(CC)C(=O)c1cc(OC)c(OC)cc1[N+](=O)[O-]. The van der Waals surface area contributed by atoms with Crippen LogP contribution in [-0.2, 0) is 0 Å². The minimum absolute atomic E-state index is 0.0144. The summed E-state index contributed by atoms with van der Waals surface area (Å²) in [7, 11) is 2.81. The van der Waals surface area contributed by atoms with Crippen LogP contribution < -0.4 is 9.47 Å². The third-order valence-corrected chi connectivity index (χ3v) is 3.38. The lowest BCUT2D eigenvalue weighted by atomic mass is 10.1. The molecule has 0 saturated heterocycles. The van der Waals surface area contributed by atoms with Crippen molar-refractivity contribution in [3.8, 4) is 11.5 Å². The van der Waals surface area contributed by atoms with Gasteiger partial charge in [0.15, 0.2) is 11.5 Å². The number of methoxy groups -OCH3 is 2. The summed E-state index contributed by atoms with van der Waals surface area (Å²) in [4.78, 5) is 24.9. The van der Waals surface area contributed by atoms with E-state index in [2.05, 4.69) is 0 Å². The Hall–Kier alpha value is -2.31. The van der Waals surface area contributed by atoms with Crippen molar-refractivity contribution in [3.05, 3.63) is 27.8 Å². The summed E-state index contributed by atoms with van der Waals surface area (Å²) in [5, 5.41) is 11.3. The maximum absolute atomic E-state index is 12.6. The van der Waals surface area contributed by atoms with Gasteiger partial charge in [-0.3, -0.25) is 14.9 Å². The number of nitro groups is 1. The van der Waals surface area contributed by atoms with Gasteiger partial charge >= 0.3 is 0 Å². The van der Waals surface area contributed by atoms with Crippen LogP contribution in [0.5, 0.6) is 11.5 Å². The van der Waals surface area contributed by atoms with E-state index in [-0.39, 0.29) is 22.9 Å². The zero-order chi connectivity index (χ0) is 16.7. The molecule has 1 rings (SSSR count). The van der Waals surface area contributed by atoms with Gasteiger partial charge in [-0.2, -0.15) is 0 Å². The normalized spacial score (nSPS) is 10.2. The first-order chi connectivity index (χ1) is 10.5. The predicted molar refractivity (Wildman–Crippen MR) is 82.7 cm³/mol. The van der Waals surface area contributed by atoms with Crippen LogP contribution in [0.15, 0.2) is 12.1 Å². The van der Waals surface area contributed by atoms with Gasteiger partial charge < -0.3 is 14.4 Å². The fourth-order valence-electron chi connectivity index (χ4n) is 2.11. The molecule has 7 heteroatoms. The third-order valence-electron chi connectivity index (χ3n) is 3.38. The molecule has 7 nitrogen and oxygen atoms in total. The van der Waals surface area contributed by atoms with Gasteiger partial charge in [0.05, 0.1) is 25.2 Å². The molecule has 0 N–H and O–H groups in total. The number of carbonyl (C=O) groups is 1. The second-order valence-electron chi connectivity index (χ2n) is 4.72. The lowest BCUT2D eigenvalue weighted by molar-refractivity contribution is -0.385. The number of amides is 1. The fourth-order valence-corrected chi connectivity index (χ4v) is 2.11. The fraction of sp³-hybridized carbons (Fsp3) is 0.533. The Kier molecular flexibility index (Phi) is 6.62. The highest BCUT2D eigenvalue weighted by Gasteiger charge is 2.27. The van der Waals surface area contributed by atoms with E-state index in [0.717, 1.165) is 12.8 Å². The van der Waals surface area contributed by atoms with Crippen molar-refractivity contribution in [2.45, 2.75) is 26.7 Å². The molecule has 0 saturated carbocycles. The van der Waals surface area contributed by atoms with Gasteiger partial charge in [0.25, 0.3) is 11.6 Å². The highest BCUT2D eigenvalue weighted by molar-refractivity contribution is 5.99. The van der Waals surface area contributed by atoms with Crippen molar-refractivity contribution in [2.24, 2.45) is 0 Å². The maximum atomic E-state index is 12.6. The summed E-state index contributed by atoms with van der Waals surface area (Å²) in [5.41, 5.74) is -0.266. The van der Waals surface area contributed by atoms with Crippen LogP contribution in [0.25, 0.3) is 0 Å². The molecule has 0 aliphatic carbocycles. The standard InChI is InChI=1S/C15H22N2O5/c1-5-7-8-16(6-2)15(18)11-9-13(21-3)14(22-4)10-12(11)17(19)20/h9-10H,5-8H2,1-4H3. The molecule has 0 fully saturated rings. The molecular formula is C15H22N2O5. The zero-order valence-corrected chi connectivity index (χ0v) is 13.4. The summed E-state index contributed by atoms with van der Waals surface area (Å²) >= 11 is 0. The molecule has 0 atom stereocenters. The summed E-state index contributed by atoms with van der Waals surface area (Å²) in [5.74, 6) is 0.147. The molecule has 1 aromatic rings.